The van der Waals surface area contributed by atoms with Crippen molar-refractivity contribution < 1.29 is 18.3 Å². The summed E-state index contributed by atoms with van der Waals surface area (Å²) in [6.45, 7) is 7.00. The summed E-state index contributed by atoms with van der Waals surface area (Å²) in [4.78, 5) is 10.8. The molecular weight excluding hydrogens is 280 g/mol. The number of carbonyl (C=O) groups is 1. The third kappa shape index (κ3) is 5.38. The van der Waals surface area contributed by atoms with Gasteiger partial charge in [-0.25, -0.2) is 0 Å². The molecule has 0 spiro atoms. The second kappa shape index (κ2) is 7.38. The average molecular weight is 306 g/mol. The van der Waals surface area contributed by atoms with Crippen molar-refractivity contribution in [2.45, 2.75) is 52.5 Å². The van der Waals surface area contributed by atoms with E-state index in [0.717, 1.165) is 12.8 Å². The fourth-order valence-corrected chi connectivity index (χ4v) is 4.52. The Bertz CT molecular complexity index is 414. The third-order valence-electron chi connectivity index (χ3n) is 3.55. The molecule has 1 aliphatic heterocycles. The largest absolute Gasteiger partial charge is 0.481 e. The Balaban J connectivity index is 2.73. The van der Waals surface area contributed by atoms with Crippen molar-refractivity contribution in [2.24, 2.45) is 11.8 Å². The zero-order valence-corrected chi connectivity index (χ0v) is 13.3. The topological polar surface area (TPSA) is 86.7 Å². The molecule has 1 saturated heterocycles. The van der Waals surface area contributed by atoms with Gasteiger partial charge in [0.15, 0.2) is 0 Å². The number of hydrogen-bond donors (Lipinski definition) is 2. The van der Waals surface area contributed by atoms with Gasteiger partial charge in [-0.2, -0.15) is 17.4 Å². The SMILES string of the molecule is CCCC(CC(=O)O)NS(=O)(=O)N1CC(C)CC(C)C1. The normalized spacial score (nSPS) is 26.4. The number of rotatable bonds is 7. The highest BCUT2D eigenvalue weighted by atomic mass is 32.2. The Kier molecular flexibility index (Phi) is 6.42. The first kappa shape index (κ1) is 17.4. The summed E-state index contributed by atoms with van der Waals surface area (Å²) in [5.41, 5.74) is 0. The molecule has 0 radical (unpaired) electrons. The zero-order chi connectivity index (χ0) is 15.3. The molecule has 3 atom stereocenters. The number of aliphatic carboxylic acids is 1. The van der Waals surface area contributed by atoms with Crippen LogP contribution in [0.1, 0.15) is 46.5 Å². The maximum absolute atomic E-state index is 12.4. The number of hydrogen-bond acceptors (Lipinski definition) is 3. The molecule has 7 heteroatoms. The first-order valence-electron chi connectivity index (χ1n) is 7.23. The molecule has 3 unspecified atom stereocenters. The van der Waals surface area contributed by atoms with E-state index < -0.39 is 22.2 Å². The summed E-state index contributed by atoms with van der Waals surface area (Å²) in [6, 6.07) is -0.532. The molecular formula is C13H26N2O4S. The standard InChI is InChI=1S/C13H26N2O4S/c1-4-5-12(7-13(16)17)14-20(18,19)15-8-10(2)6-11(3)9-15/h10-12,14H,4-9H2,1-3H3,(H,16,17). The number of piperidine rings is 1. The van der Waals surface area contributed by atoms with Gasteiger partial charge < -0.3 is 5.11 Å². The maximum Gasteiger partial charge on any atom is 0.304 e. The van der Waals surface area contributed by atoms with Gasteiger partial charge in [-0.05, 0) is 24.7 Å². The highest BCUT2D eigenvalue weighted by Gasteiger charge is 2.32. The fourth-order valence-electron chi connectivity index (χ4n) is 2.85. The maximum atomic E-state index is 12.4. The van der Waals surface area contributed by atoms with Gasteiger partial charge in [-0.1, -0.05) is 27.2 Å². The second-order valence-electron chi connectivity index (χ2n) is 5.97. The van der Waals surface area contributed by atoms with Crippen molar-refractivity contribution >= 4 is 16.2 Å². The van der Waals surface area contributed by atoms with E-state index in [1.54, 1.807) is 0 Å². The molecule has 2 N–H and O–H groups in total. The summed E-state index contributed by atoms with van der Waals surface area (Å²) in [5, 5.41) is 8.85. The molecule has 0 aliphatic carbocycles. The minimum Gasteiger partial charge on any atom is -0.481 e. The summed E-state index contributed by atoms with van der Waals surface area (Å²) in [6.07, 6.45) is 2.13. The molecule has 0 aromatic heterocycles. The van der Waals surface area contributed by atoms with E-state index in [2.05, 4.69) is 4.72 Å². The summed E-state index contributed by atoms with van der Waals surface area (Å²) in [7, 11) is -3.60. The van der Waals surface area contributed by atoms with Gasteiger partial charge in [0.1, 0.15) is 0 Å². The van der Waals surface area contributed by atoms with E-state index in [-0.39, 0.29) is 6.42 Å². The van der Waals surface area contributed by atoms with Crippen LogP contribution in [0, 0.1) is 11.8 Å². The quantitative estimate of drug-likeness (QED) is 0.745. The lowest BCUT2D eigenvalue weighted by molar-refractivity contribution is -0.137. The van der Waals surface area contributed by atoms with Crippen LogP contribution in [0.5, 0.6) is 0 Å². The molecule has 1 fully saturated rings. The lowest BCUT2D eigenvalue weighted by atomic mass is 9.94. The Labute approximate surface area is 121 Å². The van der Waals surface area contributed by atoms with Crippen molar-refractivity contribution in [2.75, 3.05) is 13.1 Å². The lowest BCUT2D eigenvalue weighted by Crippen LogP contribution is -2.50. The zero-order valence-electron chi connectivity index (χ0n) is 12.5. The van der Waals surface area contributed by atoms with Crippen molar-refractivity contribution in [3.05, 3.63) is 0 Å². The van der Waals surface area contributed by atoms with Crippen LogP contribution in [-0.2, 0) is 15.0 Å². The van der Waals surface area contributed by atoms with Crippen LogP contribution in [0.2, 0.25) is 0 Å². The van der Waals surface area contributed by atoms with Gasteiger partial charge >= 0.3 is 5.97 Å². The molecule has 1 rings (SSSR count). The molecule has 1 heterocycles. The van der Waals surface area contributed by atoms with Crippen LogP contribution in [-0.4, -0.2) is 42.9 Å². The van der Waals surface area contributed by atoms with Crippen molar-refractivity contribution in [3.8, 4) is 0 Å². The third-order valence-corrected chi connectivity index (χ3v) is 5.16. The van der Waals surface area contributed by atoms with Crippen LogP contribution in [0.4, 0.5) is 0 Å². The Morgan fingerprint density at radius 3 is 2.35 bits per heavy atom. The second-order valence-corrected chi connectivity index (χ2v) is 7.67. The van der Waals surface area contributed by atoms with Crippen molar-refractivity contribution in [1.82, 2.24) is 9.03 Å². The van der Waals surface area contributed by atoms with Crippen LogP contribution in [0.15, 0.2) is 0 Å². The van der Waals surface area contributed by atoms with E-state index in [1.807, 2.05) is 20.8 Å². The van der Waals surface area contributed by atoms with Gasteiger partial charge in [0, 0.05) is 19.1 Å². The van der Waals surface area contributed by atoms with Gasteiger partial charge in [0.2, 0.25) is 0 Å². The predicted octanol–water partition coefficient (Wildman–Crippen LogP) is 1.44. The minimum atomic E-state index is -3.60. The highest BCUT2D eigenvalue weighted by Crippen LogP contribution is 2.23. The fraction of sp³-hybridized carbons (Fsp3) is 0.923. The Hall–Kier alpha value is -0.660. The molecule has 0 aromatic carbocycles. The predicted molar refractivity (Wildman–Crippen MR) is 77.5 cm³/mol. The Morgan fingerprint density at radius 2 is 1.90 bits per heavy atom. The lowest BCUT2D eigenvalue weighted by Gasteiger charge is -2.34. The molecule has 6 nitrogen and oxygen atoms in total. The van der Waals surface area contributed by atoms with Crippen LogP contribution in [0.25, 0.3) is 0 Å². The monoisotopic (exact) mass is 306 g/mol. The van der Waals surface area contributed by atoms with Gasteiger partial charge in [0.25, 0.3) is 10.2 Å². The summed E-state index contributed by atoms with van der Waals surface area (Å²) < 4.78 is 28.7. The van der Waals surface area contributed by atoms with Gasteiger partial charge in [-0.15, -0.1) is 0 Å². The van der Waals surface area contributed by atoms with Gasteiger partial charge in [0.05, 0.1) is 6.42 Å². The molecule has 0 amide bonds. The number of carboxylic acids is 1. The van der Waals surface area contributed by atoms with Crippen LogP contribution in [0.3, 0.4) is 0 Å². The molecule has 20 heavy (non-hydrogen) atoms. The number of carboxylic acid groups (broad SMARTS) is 1. The van der Waals surface area contributed by atoms with Gasteiger partial charge in [-0.3, -0.25) is 4.79 Å². The van der Waals surface area contributed by atoms with Crippen LogP contribution >= 0.6 is 0 Å². The van der Waals surface area contributed by atoms with Crippen LogP contribution < -0.4 is 4.72 Å². The molecule has 0 aromatic rings. The van der Waals surface area contributed by atoms with Crippen molar-refractivity contribution in [1.29, 1.82) is 0 Å². The van der Waals surface area contributed by atoms with E-state index in [4.69, 9.17) is 5.11 Å². The first-order valence-corrected chi connectivity index (χ1v) is 8.67. The average Bonchev–Trinajstić information content (AvgIpc) is 2.26. The van der Waals surface area contributed by atoms with E-state index >= 15 is 0 Å². The highest BCUT2D eigenvalue weighted by molar-refractivity contribution is 7.87. The minimum absolute atomic E-state index is 0.175. The first-order chi connectivity index (χ1) is 9.24. The Morgan fingerprint density at radius 1 is 1.35 bits per heavy atom. The molecule has 118 valence electrons. The smallest absolute Gasteiger partial charge is 0.304 e. The van der Waals surface area contributed by atoms with E-state index in [0.29, 0.717) is 31.3 Å². The van der Waals surface area contributed by atoms with E-state index in [9.17, 15) is 13.2 Å². The molecule has 0 bridgehead atoms. The number of nitrogens with zero attached hydrogens (tertiary/aromatic N) is 1. The summed E-state index contributed by atoms with van der Waals surface area (Å²) >= 11 is 0. The van der Waals surface area contributed by atoms with E-state index in [1.165, 1.54) is 4.31 Å². The van der Waals surface area contributed by atoms with Crippen molar-refractivity contribution in [3.63, 3.8) is 0 Å². The summed E-state index contributed by atoms with van der Waals surface area (Å²) in [5.74, 6) is -0.314. The molecule has 0 saturated carbocycles. The molecule has 1 aliphatic rings. The number of nitrogens with one attached hydrogen (secondary N) is 1.